The summed E-state index contributed by atoms with van der Waals surface area (Å²) < 4.78 is 0. The van der Waals surface area contributed by atoms with Gasteiger partial charge in [-0.05, 0) is 68.5 Å². The molecular formula is C31H42N6O. The zero-order valence-corrected chi connectivity index (χ0v) is 23.2. The van der Waals surface area contributed by atoms with Gasteiger partial charge in [0.2, 0.25) is 5.91 Å². The van der Waals surface area contributed by atoms with Crippen LogP contribution in [0.15, 0.2) is 42.9 Å². The van der Waals surface area contributed by atoms with Crippen molar-refractivity contribution in [3.8, 4) is 11.3 Å². The molecule has 1 aliphatic carbocycles. The zero-order chi connectivity index (χ0) is 26.5. The van der Waals surface area contributed by atoms with Crippen LogP contribution in [-0.4, -0.2) is 51.4 Å². The van der Waals surface area contributed by atoms with Gasteiger partial charge in [0, 0.05) is 60.0 Å². The number of nitrogens with one attached hydrogen (secondary N) is 2. The molecule has 0 spiro atoms. The maximum Gasteiger partial charge on any atom is 0.223 e. The fourth-order valence-electron chi connectivity index (χ4n) is 5.62. The third-order valence-corrected chi connectivity index (χ3v) is 7.85. The average molecular weight is 515 g/mol. The lowest BCUT2D eigenvalue weighted by molar-refractivity contribution is -0.126. The molecule has 38 heavy (non-hydrogen) atoms. The smallest absolute Gasteiger partial charge is 0.223 e. The highest BCUT2D eigenvalue weighted by Crippen LogP contribution is 2.29. The molecule has 1 saturated carbocycles. The molecule has 0 bridgehead atoms. The van der Waals surface area contributed by atoms with E-state index < -0.39 is 0 Å². The molecular weight excluding hydrogens is 472 g/mol. The number of anilines is 1. The molecule has 202 valence electrons. The minimum atomic E-state index is 0.0979. The molecule has 2 fully saturated rings. The van der Waals surface area contributed by atoms with Gasteiger partial charge in [-0.15, -0.1) is 0 Å². The fraction of sp³-hybridized carbons (Fsp3) is 0.548. The third kappa shape index (κ3) is 6.87. The Hall–Kier alpha value is -3.06. The molecule has 7 heteroatoms. The third-order valence-electron chi connectivity index (χ3n) is 7.85. The Labute approximate surface area is 226 Å². The molecule has 2 N–H and O–H groups in total. The van der Waals surface area contributed by atoms with Gasteiger partial charge in [-0.1, -0.05) is 40.0 Å². The molecule has 0 aromatic carbocycles. The summed E-state index contributed by atoms with van der Waals surface area (Å²) in [5.74, 6) is 1.23. The number of fused-ring (bicyclic) bond motifs is 1. The van der Waals surface area contributed by atoms with Crippen LogP contribution in [0, 0.1) is 11.3 Å². The van der Waals surface area contributed by atoms with Gasteiger partial charge in [-0.3, -0.25) is 19.7 Å². The Morgan fingerprint density at radius 3 is 2.58 bits per heavy atom. The zero-order valence-electron chi connectivity index (χ0n) is 23.2. The molecule has 3 aromatic heterocycles. The highest BCUT2D eigenvalue weighted by molar-refractivity contribution is 5.87. The second-order valence-corrected chi connectivity index (χ2v) is 12.3. The van der Waals surface area contributed by atoms with Crippen LogP contribution in [0.4, 0.5) is 5.82 Å². The number of pyridine rings is 3. The van der Waals surface area contributed by atoms with Crippen molar-refractivity contribution in [2.45, 2.75) is 78.3 Å². The van der Waals surface area contributed by atoms with Crippen molar-refractivity contribution in [3.05, 3.63) is 48.5 Å². The minimum Gasteiger partial charge on any atom is -0.367 e. The van der Waals surface area contributed by atoms with Crippen molar-refractivity contribution in [1.29, 1.82) is 0 Å². The maximum atomic E-state index is 12.7. The van der Waals surface area contributed by atoms with Gasteiger partial charge in [0.15, 0.2) is 0 Å². The molecule has 0 radical (unpaired) electrons. The van der Waals surface area contributed by atoms with E-state index >= 15 is 0 Å². The average Bonchev–Trinajstić information content (AvgIpc) is 2.92. The first-order valence-electron chi connectivity index (χ1n) is 14.3. The van der Waals surface area contributed by atoms with E-state index in [-0.39, 0.29) is 17.2 Å². The van der Waals surface area contributed by atoms with Crippen LogP contribution in [0.3, 0.4) is 0 Å². The highest BCUT2D eigenvalue weighted by atomic mass is 16.1. The van der Waals surface area contributed by atoms with Gasteiger partial charge in [0.1, 0.15) is 5.82 Å². The Balaban J connectivity index is 1.29. The standard InChI is InChI=1S/C31H42N6O/c1-31(2,3)21-34-30(38)22-11-15-37(16-12-22)20-28-26-10-13-32-19-24(26)17-27(36-28)23-9-14-33-29(18-23)35-25-7-5-4-6-8-25/h9-10,13-14,17-19,22,25H,4-8,11-12,15-16,20-21H2,1-3H3,(H,33,35)(H,34,38). The predicted octanol–water partition coefficient (Wildman–Crippen LogP) is 5.81. The van der Waals surface area contributed by atoms with Crippen molar-refractivity contribution in [2.24, 2.45) is 11.3 Å². The van der Waals surface area contributed by atoms with E-state index in [1.54, 1.807) is 0 Å². The number of hydrogen-bond donors (Lipinski definition) is 2. The van der Waals surface area contributed by atoms with Crippen LogP contribution in [0.25, 0.3) is 22.0 Å². The topological polar surface area (TPSA) is 83.0 Å². The molecule has 4 heterocycles. The van der Waals surface area contributed by atoms with Crippen molar-refractivity contribution in [3.63, 3.8) is 0 Å². The van der Waals surface area contributed by atoms with Gasteiger partial charge in [0.05, 0.1) is 11.4 Å². The van der Waals surface area contributed by atoms with Crippen LogP contribution < -0.4 is 10.6 Å². The number of carbonyl (C=O) groups excluding carboxylic acids is 1. The lowest BCUT2D eigenvalue weighted by Gasteiger charge is -2.32. The molecule has 7 nitrogen and oxygen atoms in total. The summed E-state index contributed by atoms with van der Waals surface area (Å²) in [6, 6.07) is 8.88. The molecule has 5 rings (SSSR count). The van der Waals surface area contributed by atoms with E-state index in [1.807, 2.05) is 24.7 Å². The number of aromatic nitrogens is 3. The number of carbonyl (C=O) groups is 1. The minimum absolute atomic E-state index is 0.0979. The largest absolute Gasteiger partial charge is 0.367 e. The van der Waals surface area contributed by atoms with Crippen LogP contribution >= 0.6 is 0 Å². The number of amides is 1. The van der Waals surface area contributed by atoms with Crippen molar-refractivity contribution in [1.82, 2.24) is 25.2 Å². The SMILES string of the molecule is CC(C)(C)CNC(=O)C1CCN(Cc2nc(-c3ccnc(NC4CCCCC4)c3)cc3cnccc23)CC1. The number of hydrogen-bond acceptors (Lipinski definition) is 6. The predicted molar refractivity (Wildman–Crippen MR) is 154 cm³/mol. The first-order chi connectivity index (χ1) is 18.3. The first-order valence-corrected chi connectivity index (χ1v) is 14.3. The van der Waals surface area contributed by atoms with E-state index in [0.717, 1.165) is 72.6 Å². The molecule has 1 aliphatic heterocycles. The second-order valence-electron chi connectivity index (χ2n) is 12.3. The summed E-state index contributed by atoms with van der Waals surface area (Å²) >= 11 is 0. The summed E-state index contributed by atoms with van der Waals surface area (Å²) in [5, 5.41) is 9.04. The molecule has 1 amide bonds. The van der Waals surface area contributed by atoms with Gasteiger partial charge in [0.25, 0.3) is 0 Å². The number of nitrogens with zero attached hydrogens (tertiary/aromatic N) is 4. The summed E-state index contributed by atoms with van der Waals surface area (Å²) in [4.78, 5) is 29.2. The summed E-state index contributed by atoms with van der Waals surface area (Å²) in [6.07, 6.45) is 13.8. The van der Waals surface area contributed by atoms with Gasteiger partial charge >= 0.3 is 0 Å². The summed E-state index contributed by atoms with van der Waals surface area (Å²) in [5.41, 5.74) is 3.18. The Kier molecular flexibility index (Phi) is 8.22. The van der Waals surface area contributed by atoms with E-state index in [2.05, 4.69) is 64.5 Å². The molecule has 1 saturated heterocycles. The highest BCUT2D eigenvalue weighted by Gasteiger charge is 2.26. The quantitative estimate of drug-likeness (QED) is 0.414. The van der Waals surface area contributed by atoms with Gasteiger partial charge in [-0.25, -0.2) is 4.98 Å². The molecule has 0 atom stereocenters. The Morgan fingerprint density at radius 2 is 1.82 bits per heavy atom. The first kappa shape index (κ1) is 26.5. The molecule has 2 aliphatic rings. The van der Waals surface area contributed by atoms with Crippen molar-refractivity contribution < 1.29 is 4.79 Å². The number of likely N-dealkylation sites (tertiary alicyclic amines) is 1. The molecule has 3 aromatic rings. The van der Waals surface area contributed by atoms with Crippen LogP contribution in [-0.2, 0) is 11.3 Å². The van der Waals surface area contributed by atoms with Crippen LogP contribution in [0.5, 0.6) is 0 Å². The normalized spacial score (nSPS) is 18.0. The van der Waals surface area contributed by atoms with E-state index in [4.69, 9.17) is 4.98 Å². The summed E-state index contributed by atoms with van der Waals surface area (Å²) in [7, 11) is 0. The van der Waals surface area contributed by atoms with Gasteiger partial charge < -0.3 is 10.6 Å². The second kappa shape index (κ2) is 11.8. The van der Waals surface area contributed by atoms with E-state index in [0.29, 0.717) is 6.04 Å². The van der Waals surface area contributed by atoms with Crippen LogP contribution in [0.2, 0.25) is 0 Å². The maximum absolute atomic E-state index is 12.7. The monoisotopic (exact) mass is 514 g/mol. The number of rotatable bonds is 7. The fourth-order valence-corrected chi connectivity index (χ4v) is 5.62. The lowest BCUT2D eigenvalue weighted by Crippen LogP contribution is -2.42. The lowest BCUT2D eigenvalue weighted by atomic mass is 9.93. The molecule has 0 unspecified atom stereocenters. The van der Waals surface area contributed by atoms with Crippen molar-refractivity contribution in [2.75, 3.05) is 25.0 Å². The van der Waals surface area contributed by atoms with E-state index in [1.165, 1.54) is 32.1 Å². The Morgan fingerprint density at radius 1 is 1.03 bits per heavy atom. The van der Waals surface area contributed by atoms with E-state index in [9.17, 15) is 4.79 Å². The Bertz CT molecular complexity index is 1240. The summed E-state index contributed by atoms with van der Waals surface area (Å²) in [6.45, 7) is 9.73. The van der Waals surface area contributed by atoms with Crippen molar-refractivity contribution >= 4 is 22.5 Å². The van der Waals surface area contributed by atoms with Crippen LogP contribution in [0.1, 0.15) is 71.4 Å². The number of piperidine rings is 1. The van der Waals surface area contributed by atoms with Gasteiger partial charge in [-0.2, -0.15) is 0 Å².